The molecule has 2 amide bonds. The van der Waals surface area contributed by atoms with Crippen LogP contribution in [-0.4, -0.2) is 43.0 Å². The predicted molar refractivity (Wildman–Crippen MR) is 168 cm³/mol. The average Bonchev–Trinajstić information content (AvgIpc) is 3.42. The Morgan fingerprint density at radius 1 is 0.953 bits per heavy atom. The van der Waals surface area contributed by atoms with E-state index in [4.69, 9.17) is 17.6 Å². The second-order valence-corrected chi connectivity index (χ2v) is 12.0. The molecule has 0 aliphatic carbocycles. The lowest BCUT2D eigenvalue weighted by Crippen LogP contribution is -2.62. The van der Waals surface area contributed by atoms with Crippen LogP contribution in [0.2, 0.25) is 0 Å². The monoisotopic (exact) mass is 574 g/mol. The molecule has 2 aliphatic rings. The summed E-state index contributed by atoms with van der Waals surface area (Å²) in [4.78, 5) is 28.8. The summed E-state index contributed by atoms with van der Waals surface area (Å²) in [5, 5.41) is 10.3. The van der Waals surface area contributed by atoms with Crippen molar-refractivity contribution in [2.45, 2.75) is 50.9 Å². The molecule has 5 rings (SSSR count). The van der Waals surface area contributed by atoms with Gasteiger partial charge in [0.15, 0.2) is 5.66 Å². The van der Waals surface area contributed by atoms with Crippen LogP contribution in [0.3, 0.4) is 0 Å². The molecule has 2 saturated heterocycles. The third-order valence-electron chi connectivity index (χ3n) is 8.15. The molecule has 1 unspecified atom stereocenters. The first-order valence-corrected chi connectivity index (χ1v) is 14.6. The second kappa shape index (κ2) is 12.0. The number of piperazine rings is 1. The van der Waals surface area contributed by atoms with E-state index < -0.39 is 5.66 Å². The fourth-order valence-corrected chi connectivity index (χ4v) is 5.82. The minimum Gasteiger partial charge on any atom is -0.493 e. The lowest BCUT2D eigenvalue weighted by atomic mass is 9.84. The van der Waals surface area contributed by atoms with Crippen LogP contribution in [0.4, 0.5) is 0 Å². The lowest BCUT2D eigenvalue weighted by molar-refractivity contribution is -0.144. The summed E-state index contributed by atoms with van der Waals surface area (Å²) in [5.74, 6) is 5.52. The molecule has 2 aliphatic heterocycles. The van der Waals surface area contributed by atoms with Crippen molar-refractivity contribution in [3.05, 3.63) is 100 Å². The average molecular weight is 575 g/mol. The minimum absolute atomic E-state index is 0.0307. The SMILES string of the molecule is C#Cc1ccc([C@H]2NC(C(=O)N3CCNC(=O)C3)(c3ccc(C(C)(C)C)cc3OCC)N[C@H]2c2ccc(C#C)cc2)cc1. The number of hydrogen-bond donors (Lipinski definition) is 3. The van der Waals surface area contributed by atoms with E-state index in [0.717, 1.165) is 27.8 Å². The summed E-state index contributed by atoms with van der Waals surface area (Å²) in [6.45, 7) is 9.52. The Kier molecular flexibility index (Phi) is 8.33. The highest BCUT2D eigenvalue weighted by Gasteiger charge is 2.54. The highest BCUT2D eigenvalue weighted by atomic mass is 16.5. The van der Waals surface area contributed by atoms with Crippen LogP contribution in [0.5, 0.6) is 5.75 Å². The van der Waals surface area contributed by atoms with Gasteiger partial charge >= 0.3 is 0 Å². The topological polar surface area (TPSA) is 82.7 Å². The van der Waals surface area contributed by atoms with Crippen molar-refractivity contribution in [2.24, 2.45) is 0 Å². The van der Waals surface area contributed by atoms with Crippen LogP contribution in [-0.2, 0) is 20.7 Å². The Labute approximate surface area is 254 Å². The number of benzene rings is 3. The Morgan fingerprint density at radius 2 is 1.51 bits per heavy atom. The van der Waals surface area contributed by atoms with Crippen molar-refractivity contribution in [1.29, 1.82) is 0 Å². The number of hydrogen-bond acceptors (Lipinski definition) is 5. The van der Waals surface area contributed by atoms with Crippen LogP contribution in [0.15, 0.2) is 66.7 Å². The number of terminal acetylenes is 2. The van der Waals surface area contributed by atoms with Gasteiger partial charge in [-0.25, -0.2) is 0 Å². The van der Waals surface area contributed by atoms with Gasteiger partial charge in [-0.05, 0) is 59.4 Å². The van der Waals surface area contributed by atoms with E-state index in [2.05, 4.69) is 48.6 Å². The molecule has 2 heterocycles. The zero-order chi connectivity index (χ0) is 30.8. The molecule has 7 heteroatoms. The van der Waals surface area contributed by atoms with Gasteiger partial charge in [-0.15, -0.1) is 12.8 Å². The molecular formula is C36H38N4O3. The van der Waals surface area contributed by atoms with E-state index in [1.165, 1.54) is 0 Å². The number of rotatable bonds is 6. The van der Waals surface area contributed by atoms with E-state index in [9.17, 15) is 9.59 Å². The van der Waals surface area contributed by atoms with Crippen molar-refractivity contribution in [2.75, 3.05) is 26.2 Å². The molecule has 3 N–H and O–H groups in total. The van der Waals surface area contributed by atoms with Crippen molar-refractivity contribution in [3.8, 4) is 30.4 Å². The Hall–Kier alpha value is -4.56. The molecule has 2 fully saturated rings. The summed E-state index contributed by atoms with van der Waals surface area (Å²) >= 11 is 0. The molecule has 3 aromatic carbocycles. The molecule has 220 valence electrons. The maximum Gasteiger partial charge on any atom is 0.263 e. The summed E-state index contributed by atoms with van der Waals surface area (Å²) < 4.78 is 6.24. The maximum atomic E-state index is 14.8. The summed E-state index contributed by atoms with van der Waals surface area (Å²) in [6.07, 6.45) is 11.3. The van der Waals surface area contributed by atoms with Crippen LogP contribution in [0.25, 0.3) is 0 Å². The summed E-state index contributed by atoms with van der Waals surface area (Å²) in [7, 11) is 0. The first-order valence-electron chi connectivity index (χ1n) is 14.6. The van der Waals surface area contributed by atoms with Gasteiger partial charge in [-0.2, -0.15) is 0 Å². The molecule has 3 atom stereocenters. The zero-order valence-electron chi connectivity index (χ0n) is 25.2. The molecule has 0 aromatic heterocycles. The van der Waals surface area contributed by atoms with Crippen LogP contribution < -0.4 is 20.7 Å². The van der Waals surface area contributed by atoms with E-state index >= 15 is 0 Å². The van der Waals surface area contributed by atoms with E-state index in [1.54, 1.807) is 4.90 Å². The summed E-state index contributed by atoms with van der Waals surface area (Å²) in [6, 6.07) is 20.9. The van der Waals surface area contributed by atoms with Gasteiger partial charge in [-0.3, -0.25) is 20.2 Å². The van der Waals surface area contributed by atoms with Crippen molar-refractivity contribution in [1.82, 2.24) is 20.9 Å². The van der Waals surface area contributed by atoms with E-state index in [0.29, 0.717) is 31.0 Å². The molecule has 0 spiro atoms. The fourth-order valence-electron chi connectivity index (χ4n) is 5.82. The van der Waals surface area contributed by atoms with Gasteiger partial charge in [-0.1, -0.05) is 69.0 Å². The van der Waals surface area contributed by atoms with Crippen LogP contribution in [0, 0.1) is 24.7 Å². The third kappa shape index (κ3) is 5.88. The number of carbonyl (C=O) groups excluding carboxylic acids is 2. The number of nitrogens with zero attached hydrogens (tertiary/aromatic N) is 1. The Balaban J connectivity index is 1.71. The Bertz CT molecular complexity index is 1520. The number of ether oxygens (including phenoxy) is 1. The Morgan fingerprint density at radius 3 is 1.98 bits per heavy atom. The van der Waals surface area contributed by atoms with Crippen molar-refractivity contribution >= 4 is 11.8 Å². The van der Waals surface area contributed by atoms with Gasteiger partial charge < -0.3 is 15.0 Å². The maximum absolute atomic E-state index is 14.8. The largest absolute Gasteiger partial charge is 0.493 e. The third-order valence-corrected chi connectivity index (χ3v) is 8.15. The molecule has 0 radical (unpaired) electrons. The van der Waals surface area contributed by atoms with Gasteiger partial charge in [0.05, 0.1) is 25.2 Å². The van der Waals surface area contributed by atoms with Crippen molar-refractivity contribution in [3.63, 3.8) is 0 Å². The highest BCUT2D eigenvalue weighted by Crippen LogP contribution is 2.45. The number of amides is 2. The molecule has 43 heavy (non-hydrogen) atoms. The normalized spacial score (nSPS) is 21.9. The van der Waals surface area contributed by atoms with E-state index in [-0.39, 0.29) is 35.9 Å². The lowest BCUT2D eigenvalue weighted by Gasteiger charge is -2.38. The summed E-state index contributed by atoms with van der Waals surface area (Å²) in [5.41, 5.74) is 3.63. The second-order valence-electron chi connectivity index (χ2n) is 12.0. The van der Waals surface area contributed by atoms with Gasteiger partial charge in [0.2, 0.25) is 5.91 Å². The zero-order valence-corrected chi connectivity index (χ0v) is 25.2. The molecule has 0 bridgehead atoms. The van der Waals surface area contributed by atoms with Crippen LogP contribution in [0.1, 0.15) is 73.2 Å². The fraction of sp³-hybridized carbons (Fsp3) is 0.333. The first kappa shape index (κ1) is 29.9. The minimum atomic E-state index is -1.41. The molecular weight excluding hydrogens is 536 g/mol. The van der Waals surface area contributed by atoms with Gasteiger partial charge in [0, 0.05) is 29.8 Å². The highest BCUT2D eigenvalue weighted by molar-refractivity contribution is 5.93. The molecule has 3 aromatic rings. The van der Waals surface area contributed by atoms with Crippen molar-refractivity contribution < 1.29 is 14.3 Å². The standard InChI is InChI=1S/C36H38N4O3/c1-7-24-10-14-26(15-11-24)32-33(27-16-12-25(8-2)13-17-27)39-36(38-32,34(42)40-21-20-37-31(41)23-40)29-19-18-28(35(4,5)6)22-30(29)43-9-3/h1-2,10-19,22,32-33,38-39H,9,20-21,23H2,3-6H3,(H,37,41)/t32-,33+,36?. The molecule has 0 saturated carbocycles. The smallest absolute Gasteiger partial charge is 0.263 e. The van der Waals surface area contributed by atoms with Gasteiger partial charge in [0.1, 0.15) is 5.75 Å². The quantitative estimate of drug-likeness (QED) is 0.386. The van der Waals surface area contributed by atoms with Gasteiger partial charge in [0.25, 0.3) is 5.91 Å². The number of nitrogens with one attached hydrogen (secondary N) is 3. The first-order chi connectivity index (χ1) is 20.6. The number of carbonyl (C=O) groups is 2. The predicted octanol–water partition coefficient (Wildman–Crippen LogP) is 4.13. The van der Waals surface area contributed by atoms with Crippen LogP contribution >= 0.6 is 0 Å². The molecule has 7 nitrogen and oxygen atoms in total. The van der Waals surface area contributed by atoms with E-state index in [1.807, 2.05) is 73.7 Å².